The Balaban J connectivity index is 1.81. The van der Waals surface area contributed by atoms with Gasteiger partial charge < -0.3 is 5.32 Å². The van der Waals surface area contributed by atoms with Gasteiger partial charge in [-0.1, -0.05) is 28.1 Å². The van der Waals surface area contributed by atoms with Crippen molar-refractivity contribution in [3.63, 3.8) is 0 Å². The number of aliphatic imine (C=N–C) groups is 1. The zero-order valence-corrected chi connectivity index (χ0v) is 15.4. The van der Waals surface area contributed by atoms with Gasteiger partial charge >= 0.3 is 0 Å². The van der Waals surface area contributed by atoms with Crippen molar-refractivity contribution in [3.8, 4) is 0 Å². The molecule has 0 radical (unpaired) electrons. The van der Waals surface area contributed by atoms with Crippen LogP contribution < -0.4 is 5.32 Å². The third-order valence-corrected chi connectivity index (χ3v) is 4.81. The molecule has 5 heteroatoms. The molecule has 1 amide bonds. The average molecular weight is 399 g/mol. The molecule has 1 N–H and O–H groups in total. The van der Waals surface area contributed by atoms with Crippen LogP contribution in [0.25, 0.3) is 0 Å². The Bertz CT molecular complexity index is 884. The first kappa shape index (κ1) is 16.6. The highest BCUT2D eigenvalue weighted by Gasteiger charge is 2.10. The first-order valence-electron chi connectivity index (χ1n) is 7.38. The van der Waals surface area contributed by atoms with E-state index in [2.05, 4.69) is 39.2 Å². The molecule has 0 bridgehead atoms. The minimum atomic E-state index is -0.174. The third kappa shape index (κ3) is 4.19. The predicted molar refractivity (Wildman–Crippen MR) is 105 cm³/mol. The number of benzene rings is 2. The van der Waals surface area contributed by atoms with Gasteiger partial charge in [-0.15, -0.1) is 11.3 Å². The molecule has 120 valence electrons. The fraction of sp³-hybridized carbons (Fsp3) is 0.0526. The van der Waals surface area contributed by atoms with Crippen LogP contribution in [0.2, 0.25) is 0 Å². The number of halogens is 1. The van der Waals surface area contributed by atoms with Crippen molar-refractivity contribution in [1.82, 2.24) is 0 Å². The lowest BCUT2D eigenvalue weighted by Crippen LogP contribution is -2.11. The van der Waals surface area contributed by atoms with E-state index in [0.29, 0.717) is 11.3 Å². The van der Waals surface area contributed by atoms with E-state index in [9.17, 15) is 4.79 Å². The van der Waals surface area contributed by atoms with Crippen molar-refractivity contribution in [2.75, 3.05) is 5.32 Å². The number of nitrogens with one attached hydrogen (secondary N) is 1. The molecule has 0 saturated heterocycles. The highest BCUT2D eigenvalue weighted by Crippen LogP contribution is 2.22. The van der Waals surface area contributed by atoms with Crippen LogP contribution in [0.1, 0.15) is 20.1 Å². The van der Waals surface area contributed by atoms with E-state index in [-0.39, 0.29) is 5.91 Å². The Kier molecular flexibility index (Phi) is 5.23. The van der Waals surface area contributed by atoms with Crippen molar-refractivity contribution in [1.29, 1.82) is 0 Å². The largest absolute Gasteiger partial charge is 0.322 e. The van der Waals surface area contributed by atoms with Crippen LogP contribution >= 0.6 is 27.3 Å². The van der Waals surface area contributed by atoms with Gasteiger partial charge in [-0.3, -0.25) is 9.79 Å². The topological polar surface area (TPSA) is 41.5 Å². The smallest absolute Gasteiger partial charge is 0.257 e. The van der Waals surface area contributed by atoms with Gasteiger partial charge in [-0.25, -0.2) is 0 Å². The van der Waals surface area contributed by atoms with Crippen LogP contribution in [-0.4, -0.2) is 12.1 Å². The molecular weight excluding hydrogens is 384 g/mol. The second-order valence-corrected chi connectivity index (χ2v) is 7.42. The second-order valence-electron chi connectivity index (χ2n) is 5.18. The molecule has 2 aromatic carbocycles. The van der Waals surface area contributed by atoms with Crippen LogP contribution in [0, 0.1) is 6.92 Å². The summed E-state index contributed by atoms with van der Waals surface area (Å²) < 4.78 is 0.969. The highest BCUT2D eigenvalue weighted by atomic mass is 79.9. The quantitative estimate of drug-likeness (QED) is 0.552. The fourth-order valence-corrected chi connectivity index (χ4v) is 3.18. The summed E-state index contributed by atoms with van der Waals surface area (Å²) in [6, 6.07) is 18.9. The summed E-state index contributed by atoms with van der Waals surface area (Å²) in [4.78, 5) is 19.3. The second kappa shape index (κ2) is 7.55. The molecule has 24 heavy (non-hydrogen) atoms. The minimum absolute atomic E-state index is 0.174. The zero-order chi connectivity index (χ0) is 16.9. The van der Waals surface area contributed by atoms with Gasteiger partial charge in [0.25, 0.3) is 5.91 Å². The molecule has 0 saturated carbocycles. The number of hydrogen-bond donors (Lipinski definition) is 1. The van der Waals surface area contributed by atoms with E-state index in [1.54, 1.807) is 23.6 Å². The number of carbonyl (C=O) groups is 1. The van der Waals surface area contributed by atoms with Crippen LogP contribution in [0.15, 0.2) is 70.1 Å². The number of carbonyl (C=O) groups excluding carboxylic acids is 1. The van der Waals surface area contributed by atoms with Crippen LogP contribution in [0.4, 0.5) is 11.4 Å². The van der Waals surface area contributed by atoms with E-state index < -0.39 is 0 Å². The maximum Gasteiger partial charge on any atom is 0.257 e. The molecule has 0 fully saturated rings. The molecule has 0 atom stereocenters. The maximum absolute atomic E-state index is 12.5. The van der Waals surface area contributed by atoms with E-state index in [1.807, 2.05) is 48.5 Å². The minimum Gasteiger partial charge on any atom is -0.322 e. The van der Waals surface area contributed by atoms with Crippen molar-refractivity contribution < 1.29 is 4.79 Å². The van der Waals surface area contributed by atoms with Crippen LogP contribution in [-0.2, 0) is 0 Å². The van der Waals surface area contributed by atoms with Crippen LogP contribution in [0.3, 0.4) is 0 Å². The Morgan fingerprint density at radius 3 is 2.54 bits per heavy atom. The molecule has 0 aliphatic carbocycles. The summed E-state index contributed by atoms with van der Waals surface area (Å²) in [7, 11) is 0. The molecule has 0 spiro atoms. The van der Waals surface area contributed by atoms with Crippen molar-refractivity contribution in [2.45, 2.75) is 6.92 Å². The number of aryl methyl sites for hydroxylation is 1. The lowest BCUT2D eigenvalue weighted by molar-refractivity contribution is 0.102. The van der Waals surface area contributed by atoms with Crippen molar-refractivity contribution >= 4 is 50.8 Å². The summed E-state index contributed by atoms with van der Waals surface area (Å²) in [5.41, 5.74) is 1.94. The average Bonchev–Trinajstić information content (AvgIpc) is 3.01. The number of thiophene rings is 1. The Morgan fingerprint density at radius 2 is 1.83 bits per heavy atom. The lowest BCUT2D eigenvalue weighted by Gasteiger charge is -2.07. The Morgan fingerprint density at radius 1 is 1.08 bits per heavy atom. The van der Waals surface area contributed by atoms with Crippen molar-refractivity contribution in [2.24, 2.45) is 4.99 Å². The first-order chi connectivity index (χ1) is 11.6. The molecule has 1 heterocycles. The number of anilines is 1. The van der Waals surface area contributed by atoms with Gasteiger partial charge in [-0.2, -0.15) is 0 Å². The third-order valence-electron chi connectivity index (χ3n) is 3.34. The van der Waals surface area contributed by atoms with Gasteiger partial charge in [0.15, 0.2) is 0 Å². The highest BCUT2D eigenvalue weighted by molar-refractivity contribution is 9.10. The monoisotopic (exact) mass is 398 g/mol. The number of hydrogen-bond acceptors (Lipinski definition) is 3. The lowest BCUT2D eigenvalue weighted by atomic mass is 10.1. The van der Waals surface area contributed by atoms with Gasteiger partial charge in [0.05, 0.1) is 11.3 Å². The molecular formula is C19H15BrN2OS. The molecule has 3 rings (SSSR count). The summed E-state index contributed by atoms with van der Waals surface area (Å²) in [5, 5.41) is 2.90. The number of rotatable bonds is 4. The molecule has 3 nitrogen and oxygen atoms in total. The van der Waals surface area contributed by atoms with E-state index in [1.165, 1.54) is 4.88 Å². The summed E-state index contributed by atoms with van der Waals surface area (Å²) in [6.45, 7) is 2.06. The fourth-order valence-electron chi connectivity index (χ4n) is 2.17. The molecule has 0 aliphatic rings. The Labute approximate surface area is 153 Å². The number of nitrogens with zero attached hydrogens (tertiary/aromatic N) is 1. The zero-order valence-electron chi connectivity index (χ0n) is 13.0. The van der Waals surface area contributed by atoms with Gasteiger partial charge in [0, 0.05) is 26.1 Å². The van der Waals surface area contributed by atoms with Crippen molar-refractivity contribution in [3.05, 3.63) is 80.5 Å². The standard InChI is InChI=1S/C19H15BrN2OS/c1-13-6-11-16(24-13)12-21-18-5-3-2-4-17(18)19(23)22-15-9-7-14(20)8-10-15/h2-12H,1H3,(H,22,23). The molecule has 0 aliphatic heterocycles. The first-order valence-corrected chi connectivity index (χ1v) is 8.99. The number of amides is 1. The van der Waals surface area contributed by atoms with Gasteiger partial charge in [0.1, 0.15) is 0 Å². The van der Waals surface area contributed by atoms with Gasteiger partial charge in [-0.05, 0) is 55.5 Å². The SMILES string of the molecule is Cc1ccc(C=Nc2ccccc2C(=O)Nc2ccc(Br)cc2)s1. The van der Waals surface area contributed by atoms with E-state index in [4.69, 9.17) is 0 Å². The van der Waals surface area contributed by atoms with Gasteiger partial charge in [0.2, 0.25) is 0 Å². The molecule has 1 aromatic heterocycles. The maximum atomic E-state index is 12.5. The molecule has 0 unspecified atom stereocenters. The Hall–Kier alpha value is -2.24. The summed E-state index contributed by atoms with van der Waals surface area (Å²) in [5.74, 6) is -0.174. The number of para-hydroxylation sites is 1. The molecule has 3 aromatic rings. The van der Waals surface area contributed by atoms with E-state index in [0.717, 1.165) is 15.0 Å². The van der Waals surface area contributed by atoms with Crippen LogP contribution in [0.5, 0.6) is 0 Å². The summed E-state index contributed by atoms with van der Waals surface area (Å²) in [6.07, 6.45) is 1.80. The predicted octanol–water partition coefficient (Wildman–Crippen LogP) is 5.82. The summed E-state index contributed by atoms with van der Waals surface area (Å²) >= 11 is 5.05. The van der Waals surface area contributed by atoms with E-state index >= 15 is 0 Å². The normalized spacial score (nSPS) is 10.9.